The van der Waals surface area contributed by atoms with Gasteiger partial charge in [-0.2, -0.15) is 0 Å². The molecule has 2 rings (SSSR count). The maximum absolute atomic E-state index is 12.3. The van der Waals surface area contributed by atoms with Crippen LogP contribution in [0.25, 0.3) is 0 Å². The Labute approximate surface area is 119 Å². The smallest absolute Gasteiger partial charge is 0.257 e. The first kappa shape index (κ1) is 14.7. The normalized spacial score (nSPS) is 21.7. The summed E-state index contributed by atoms with van der Waals surface area (Å²) in [5.41, 5.74) is 6.65. The number of rotatable bonds is 5. The predicted octanol–water partition coefficient (Wildman–Crippen LogP) is 1.56. The van der Waals surface area contributed by atoms with E-state index >= 15 is 0 Å². The molecular weight excluding hydrogens is 256 g/mol. The molecule has 0 spiro atoms. The highest BCUT2D eigenvalue weighted by atomic mass is 16.5. The van der Waals surface area contributed by atoms with E-state index in [9.17, 15) is 9.90 Å². The number of hydrogen-bond donors (Lipinski definition) is 3. The number of amides is 1. The fraction of sp³-hybridized carbons (Fsp3) is 0.533. The fourth-order valence-corrected chi connectivity index (χ4v) is 2.63. The van der Waals surface area contributed by atoms with Crippen molar-refractivity contribution in [2.45, 2.75) is 32.3 Å². The zero-order chi connectivity index (χ0) is 14.5. The van der Waals surface area contributed by atoms with E-state index in [2.05, 4.69) is 5.32 Å². The first-order valence-corrected chi connectivity index (χ1v) is 7.11. The van der Waals surface area contributed by atoms with Gasteiger partial charge in [-0.1, -0.05) is 12.5 Å². The number of anilines is 1. The number of benzene rings is 1. The largest absolute Gasteiger partial charge is 0.493 e. The zero-order valence-corrected chi connectivity index (χ0v) is 11.8. The summed E-state index contributed by atoms with van der Waals surface area (Å²) in [7, 11) is 0. The van der Waals surface area contributed by atoms with Crippen molar-refractivity contribution in [1.82, 2.24) is 5.32 Å². The number of nitrogens with two attached hydrogens (primary N) is 1. The molecule has 110 valence electrons. The molecule has 5 heteroatoms. The second kappa shape index (κ2) is 6.61. The van der Waals surface area contributed by atoms with Gasteiger partial charge in [-0.25, -0.2) is 0 Å². The zero-order valence-electron chi connectivity index (χ0n) is 11.8. The number of carbonyl (C=O) groups is 1. The highest BCUT2D eigenvalue weighted by Crippen LogP contribution is 2.26. The van der Waals surface area contributed by atoms with Gasteiger partial charge >= 0.3 is 0 Å². The number of hydrogen-bond acceptors (Lipinski definition) is 4. The lowest BCUT2D eigenvalue weighted by Gasteiger charge is -2.17. The molecule has 1 aromatic carbocycles. The number of aliphatic hydroxyl groups is 1. The number of nitrogens with one attached hydrogen (secondary N) is 1. The van der Waals surface area contributed by atoms with Crippen LogP contribution in [0.2, 0.25) is 0 Å². The van der Waals surface area contributed by atoms with E-state index in [0.717, 1.165) is 19.3 Å². The number of ether oxygens (including phenoxy) is 1. The Kier molecular flexibility index (Phi) is 4.84. The van der Waals surface area contributed by atoms with Crippen LogP contribution in [0, 0.1) is 5.92 Å². The highest BCUT2D eigenvalue weighted by molar-refractivity contribution is 6.01. The molecule has 0 aliphatic heterocycles. The molecule has 20 heavy (non-hydrogen) atoms. The average Bonchev–Trinajstić information content (AvgIpc) is 2.82. The van der Waals surface area contributed by atoms with E-state index in [1.165, 1.54) is 0 Å². The molecule has 5 nitrogen and oxygen atoms in total. The van der Waals surface area contributed by atoms with Gasteiger partial charge in [0.1, 0.15) is 11.3 Å². The van der Waals surface area contributed by atoms with E-state index < -0.39 is 0 Å². The Balaban J connectivity index is 2.04. The van der Waals surface area contributed by atoms with Crippen molar-refractivity contribution in [1.29, 1.82) is 0 Å². The summed E-state index contributed by atoms with van der Waals surface area (Å²) in [5, 5.41) is 12.6. The van der Waals surface area contributed by atoms with Gasteiger partial charge in [0, 0.05) is 18.2 Å². The number of carbonyl (C=O) groups excluding carboxylic acids is 1. The predicted molar refractivity (Wildman–Crippen MR) is 77.7 cm³/mol. The molecule has 0 radical (unpaired) electrons. The van der Waals surface area contributed by atoms with E-state index in [1.807, 2.05) is 6.92 Å². The lowest BCUT2D eigenvalue weighted by Crippen LogP contribution is -2.33. The molecule has 0 aromatic heterocycles. The molecule has 1 aromatic rings. The molecule has 0 heterocycles. The van der Waals surface area contributed by atoms with Crippen molar-refractivity contribution in [3.05, 3.63) is 23.8 Å². The van der Waals surface area contributed by atoms with Gasteiger partial charge in [0.25, 0.3) is 5.91 Å². The first-order chi connectivity index (χ1) is 9.63. The van der Waals surface area contributed by atoms with Crippen molar-refractivity contribution in [2.75, 3.05) is 18.9 Å². The first-order valence-electron chi connectivity index (χ1n) is 7.11. The molecule has 1 amide bonds. The standard InChI is InChI=1S/C15H22N2O3/c1-2-20-13-8-4-6-11(16)14(13)15(19)17-9-10-5-3-7-12(10)18/h4,6,8,10,12,18H,2-3,5,7,9,16H2,1H3,(H,17,19). The minimum absolute atomic E-state index is 0.138. The van der Waals surface area contributed by atoms with Crippen LogP contribution in [0.5, 0.6) is 5.75 Å². The Morgan fingerprint density at radius 3 is 2.95 bits per heavy atom. The summed E-state index contributed by atoms with van der Waals surface area (Å²) in [6.07, 6.45) is 2.47. The third-order valence-corrected chi connectivity index (χ3v) is 3.73. The molecule has 0 bridgehead atoms. The van der Waals surface area contributed by atoms with Crippen molar-refractivity contribution >= 4 is 11.6 Å². The van der Waals surface area contributed by atoms with Crippen LogP contribution in [0.1, 0.15) is 36.5 Å². The van der Waals surface area contributed by atoms with Crippen LogP contribution < -0.4 is 15.8 Å². The van der Waals surface area contributed by atoms with Gasteiger partial charge in [0.2, 0.25) is 0 Å². The summed E-state index contributed by atoms with van der Waals surface area (Å²) in [5.74, 6) is 0.391. The summed E-state index contributed by atoms with van der Waals surface area (Å²) in [6.45, 7) is 2.81. The second-order valence-electron chi connectivity index (χ2n) is 5.12. The van der Waals surface area contributed by atoms with Crippen LogP contribution in [-0.2, 0) is 0 Å². The monoisotopic (exact) mass is 278 g/mol. The molecule has 1 saturated carbocycles. The second-order valence-corrected chi connectivity index (χ2v) is 5.12. The molecule has 0 saturated heterocycles. The van der Waals surface area contributed by atoms with Gasteiger partial charge in [-0.15, -0.1) is 0 Å². The molecule has 1 fully saturated rings. The maximum atomic E-state index is 12.3. The van der Waals surface area contributed by atoms with Crippen molar-refractivity contribution in [3.8, 4) is 5.75 Å². The van der Waals surface area contributed by atoms with Gasteiger partial charge in [-0.05, 0) is 31.9 Å². The Hall–Kier alpha value is -1.75. The Morgan fingerprint density at radius 1 is 1.50 bits per heavy atom. The van der Waals surface area contributed by atoms with Crippen molar-refractivity contribution in [3.63, 3.8) is 0 Å². The average molecular weight is 278 g/mol. The Bertz CT molecular complexity index is 476. The third kappa shape index (κ3) is 3.22. The van der Waals surface area contributed by atoms with E-state index in [0.29, 0.717) is 30.2 Å². The van der Waals surface area contributed by atoms with Crippen LogP contribution in [0.15, 0.2) is 18.2 Å². The van der Waals surface area contributed by atoms with E-state index in [-0.39, 0.29) is 17.9 Å². The van der Waals surface area contributed by atoms with Gasteiger partial charge in [0.15, 0.2) is 0 Å². The maximum Gasteiger partial charge on any atom is 0.257 e. The minimum atomic E-state index is -0.310. The van der Waals surface area contributed by atoms with Gasteiger partial charge in [-0.3, -0.25) is 4.79 Å². The SMILES string of the molecule is CCOc1cccc(N)c1C(=O)NCC1CCCC1O. The lowest BCUT2D eigenvalue weighted by atomic mass is 10.1. The molecule has 2 unspecified atom stereocenters. The molecule has 1 aliphatic carbocycles. The molecule has 4 N–H and O–H groups in total. The van der Waals surface area contributed by atoms with Crippen LogP contribution in [-0.4, -0.2) is 30.3 Å². The fourth-order valence-electron chi connectivity index (χ4n) is 2.63. The quantitative estimate of drug-likeness (QED) is 0.714. The Morgan fingerprint density at radius 2 is 2.30 bits per heavy atom. The third-order valence-electron chi connectivity index (χ3n) is 3.73. The number of aliphatic hydroxyl groups excluding tert-OH is 1. The molecule has 1 aliphatic rings. The van der Waals surface area contributed by atoms with Crippen LogP contribution >= 0.6 is 0 Å². The summed E-state index contributed by atoms with van der Waals surface area (Å²) in [4.78, 5) is 12.3. The molecular formula is C15H22N2O3. The van der Waals surface area contributed by atoms with Crippen LogP contribution in [0.3, 0.4) is 0 Å². The summed E-state index contributed by atoms with van der Waals surface area (Å²) >= 11 is 0. The van der Waals surface area contributed by atoms with E-state index in [1.54, 1.807) is 18.2 Å². The summed E-state index contributed by atoms with van der Waals surface area (Å²) in [6, 6.07) is 5.18. The summed E-state index contributed by atoms with van der Waals surface area (Å²) < 4.78 is 5.44. The van der Waals surface area contributed by atoms with Crippen molar-refractivity contribution < 1.29 is 14.6 Å². The van der Waals surface area contributed by atoms with Gasteiger partial charge in [0.05, 0.1) is 12.7 Å². The van der Waals surface area contributed by atoms with Crippen molar-refractivity contribution in [2.24, 2.45) is 5.92 Å². The molecule has 2 atom stereocenters. The minimum Gasteiger partial charge on any atom is -0.493 e. The topological polar surface area (TPSA) is 84.6 Å². The van der Waals surface area contributed by atoms with Crippen LogP contribution in [0.4, 0.5) is 5.69 Å². The van der Waals surface area contributed by atoms with Gasteiger partial charge < -0.3 is 20.9 Å². The highest BCUT2D eigenvalue weighted by Gasteiger charge is 2.26. The van der Waals surface area contributed by atoms with E-state index in [4.69, 9.17) is 10.5 Å². The lowest BCUT2D eigenvalue weighted by molar-refractivity contribution is 0.0914. The number of nitrogen functional groups attached to an aromatic ring is 1.